The van der Waals surface area contributed by atoms with E-state index in [9.17, 15) is 43.7 Å². The zero-order valence-corrected chi connectivity index (χ0v) is 39.9. The molecule has 71 heavy (non-hydrogen) atoms. The molecule has 0 unspecified atom stereocenters. The van der Waals surface area contributed by atoms with Gasteiger partial charge in [-0.15, -0.1) is 0 Å². The minimum atomic E-state index is -1.01. The number of nitro groups is 1. The van der Waals surface area contributed by atoms with Gasteiger partial charge in [-0.05, 0) is 43.7 Å². The molecule has 1 heterocycles. The summed E-state index contributed by atoms with van der Waals surface area (Å²) in [6, 6.07) is 9.45. The molecule has 25 heteroatoms. The number of hydrogen-bond acceptors (Lipinski definition) is 19. The Hall–Kier alpha value is -6.45. The Morgan fingerprint density at radius 1 is 0.577 bits per heavy atom. The largest absolute Gasteiger partial charge is 0.514 e. The Morgan fingerprint density at radius 2 is 1.04 bits per heavy atom. The van der Waals surface area contributed by atoms with E-state index < -0.39 is 52.7 Å². The lowest BCUT2D eigenvalue weighted by Gasteiger charge is -2.18. The van der Waals surface area contributed by atoms with Gasteiger partial charge < -0.3 is 68.6 Å². The summed E-state index contributed by atoms with van der Waals surface area (Å²) in [6.45, 7) is 8.83. The minimum absolute atomic E-state index is 0.0113. The Morgan fingerprint density at radius 3 is 1.54 bits per heavy atom. The fraction of sp³-hybridized carbons (Fsp3) is 0.543. The molecule has 3 rings (SSSR count). The van der Waals surface area contributed by atoms with Crippen molar-refractivity contribution in [1.82, 2.24) is 20.9 Å². The highest BCUT2D eigenvalue weighted by Gasteiger charge is 2.24. The number of non-ortho nitro benzene ring substituents is 1. The summed E-state index contributed by atoms with van der Waals surface area (Å²) in [5.74, 6) is -2.50. The van der Waals surface area contributed by atoms with Gasteiger partial charge in [-0.3, -0.25) is 43.8 Å². The average Bonchev–Trinajstić information content (AvgIpc) is 3.67. The monoisotopic (exact) mass is 1000 g/mol. The smallest absolute Gasteiger partial charge is 0.429 e. The molecule has 0 spiro atoms. The van der Waals surface area contributed by atoms with E-state index in [1.807, 2.05) is 0 Å². The zero-order chi connectivity index (χ0) is 51.5. The van der Waals surface area contributed by atoms with Crippen LogP contribution in [0.1, 0.15) is 32.3 Å². The van der Waals surface area contributed by atoms with Gasteiger partial charge in [0.2, 0.25) is 23.6 Å². The highest BCUT2D eigenvalue weighted by Crippen LogP contribution is 2.18. The molecule has 4 N–H and O–H groups in total. The van der Waals surface area contributed by atoms with Crippen molar-refractivity contribution in [1.29, 1.82) is 0 Å². The molecule has 2 atom stereocenters. The second kappa shape index (κ2) is 35.6. The van der Waals surface area contributed by atoms with Gasteiger partial charge >= 0.3 is 6.16 Å². The molecule has 0 saturated carbocycles. The molecule has 1 aliphatic heterocycles. The highest BCUT2D eigenvalue weighted by atomic mass is 16.7. The molecule has 0 radical (unpaired) electrons. The number of imide groups is 1. The van der Waals surface area contributed by atoms with E-state index in [0.29, 0.717) is 110 Å². The third-order valence-corrected chi connectivity index (χ3v) is 9.46. The number of hydrogen-bond donors (Lipinski definition) is 4. The van der Waals surface area contributed by atoms with Gasteiger partial charge in [-0.25, -0.2) is 4.79 Å². The Bertz CT molecular complexity index is 1970. The van der Waals surface area contributed by atoms with Crippen LogP contribution < -0.4 is 26.0 Å². The second-order valence-electron chi connectivity index (χ2n) is 15.0. The molecule has 2 aromatic carbocycles. The number of benzene rings is 2. The van der Waals surface area contributed by atoms with Crippen molar-refractivity contribution in [2.45, 2.75) is 45.4 Å². The van der Waals surface area contributed by atoms with Crippen molar-refractivity contribution in [3.8, 4) is 5.75 Å². The lowest BCUT2D eigenvalue weighted by molar-refractivity contribution is -0.384. The standard InChI is InChI=1S/C46H64N6O19/c1-34(44(57)49-35(2)45(58)50-37-5-3-36(4-6-37)33-70-46(59)71-39-9-7-38(8-10-39)52(60)61)48-41(54)14-17-62-19-21-64-23-25-66-27-29-68-31-32-69-30-28-67-26-24-65-22-20-63-18-15-47-40(53)13-16-51-42(55)11-12-43(51)56/h3-12,34-35H,13-33H2,1-2H3,(H,47,53)(H,48,54)(H,49,57)(H,50,58)/t34-,35-/m0/s1. The van der Waals surface area contributed by atoms with Crippen LogP contribution in [-0.2, 0) is 78.0 Å². The molecular formula is C46H64N6O19. The van der Waals surface area contributed by atoms with Crippen LogP contribution in [0.2, 0.25) is 0 Å². The van der Waals surface area contributed by atoms with E-state index in [1.165, 1.54) is 50.3 Å². The topological polar surface area (TPSA) is 306 Å². The highest BCUT2D eigenvalue weighted by molar-refractivity contribution is 6.13. The molecule has 392 valence electrons. The third kappa shape index (κ3) is 26.9. The summed E-state index contributed by atoms with van der Waals surface area (Å²) in [5, 5.41) is 21.2. The Balaban J connectivity index is 1.03. The molecule has 6 amide bonds. The maximum absolute atomic E-state index is 12.7. The van der Waals surface area contributed by atoms with Gasteiger partial charge in [0, 0.05) is 55.9 Å². The fourth-order valence-electron chi connectivity index (χ4n) is 5.64. The number of anilines is 1. The molecule has 0 aliphatic carbocycles. The van der Waals surface area contributed by atoms with Gasteiger partial charge in [0.15, 0.2) is 0 Å². The number of amides is 6. The molecule has 2 aromatic rings. The van der Waals surface area contributed by atoms with Crippen LogP contribution in [0.15, 0.2) is 60.7 Å². The number of ether oxygens (including phenoxy) is 10. The van der Waals surface area contributed by atoms with E-state index in [-0.39, 0.29) is 56.6 Å². The predicted molar refractivity (Wildman–Crippen MR) is 249 cm³/mol. The molecular weight excluding hydrogens is 941 g/mol. The lowest BCUT2D eigenvalue weighted by atomic mass is 10.2. The molecule has 25 nitrogen and oxygen atoms in total. The average molecular weight is 1010 g/mol. The van der Waals surface area contributed by atoms with E-state index in [2.05, 4.69) is 21.3 Å². The van der Waals surface area contributed by atoms with Crippen LogP contribution in [0.3, 0.4) is 0 Å². The molecule has 0 saturated heterocycles. The van der Waals surface area contributed by atoms with E-state index in [1.54, 1.807) is 24.3 Å². The number of rotatable bonds is 39. The van der Waals surface area contributed by atoms with Crippen LogP contribution in [0.25, 0.3) is 0 Å². The number of nitrogens with one attached hydrogen (secondary N) is 4. The van der Waals surface area contributed by atoms with Gasteiger partial charge in [0.1, 0.15) is 24.4 Å². The first-order valence-electron chi connectivity index (χ1n) is 22.8. The van der Waals surface area contributed by atoms with Gasteiger partial charge in [-0.2, -0.15) is 0 Å². The maximum Gasteiger partial charge on any atom is 0.514 e. The van der Waals surface area contributed by atoms with E-state index in [0.717, 1.165) is 4.90 Å². The third-order valence-electron chi connectivity index (χ3n) is 9.46. The summed E-state index contributed by atoms with van der Waals surface area (Å²) >= 11 is 0. The first-order chi connectivity index (χ1) is 34.3. The SMILES string of the molecule is C[C@H](NC(=O)CCOCCOCCOCCOCCOCCOCCOCCOCCNC(=O)CCN1C(=O)C=CC1=O)C(=O)N[C@@H](C)C(=O)Nc1ccc(COC(=O)Oc2ccc([N+](=O)[O-])cc2)cc1. The minimum Gasteiger partial charge on any atom is -0.429 e. The Labute approximate surface area is 410 Å². The second-order valence-corrected chi connectivity index (χ2v) is 15.0. The molecule has 0 aromatic heterocycles. The van der Waals surface area contributed by atoms with Crippen LogP contribution in [-0.4, -0.2) is 182 Å². The van der Waals surface area contributed by atoms with Crippen molar-refractivity contribution in [2.24, 2.45) is 0 Å². The van der Waals surface area contributed by atoms with Gasteiger partial charge in [-0.1, -0.05) is 12.1 Å². The molecule has 0 fully saturated rings. The molecule has 1 aliphatic rings. The number of carbonyl (C=O) groups excluding carboxylic acids is 7. The van der Waals surface area contributed by atoms with Crippen LogP contribution in [0.4, 0.5) is 16.2 Å². The van der Waals surface area contributed by atoms with Crippen molar-refractivity contribution in [3.05, 3.63) is 76.4 Å². The Kier molecular flexibility index (Phi) is 29.5. The van der Waals surface area contributed by atoms with Gasteiger partial charge in [0.25, 0.3) is 17.5 Å². The summed E-state index contributed by atoms with van der Waals surface area (Å²) in [5.41, 5.74) is 0.851. The number of nitro benzene ring substituents is 1. The number of carbonyl (C=O) groups is 7. The predicted octanol–water partition coefficient (Wildman–Crippen LogP) is 1.21. The number of nitrogens with zero attached hydrogens (tertiary/aromatic N) is 2. The van der Waals surface area contributed by atoms with Crippen molar-refractivity contribution < 1.29 is 85.9 Å². The summed E-state index contributed by atoms with van der Waals surface area (Å²) in [4.78, 5) is 95.6. The lowest BCUT2D eigenvalue weighted by Crippen LogP contribution is -2.50. The van der Waals surface area contributed by atoms with Crippen LogP contribution >= 0.6 is 0 Å². The van der Waals surface area contributed by atoms with E-state index in [4.69, 9.17) is 47.4 Å². The summed E-state index contributed by atoms with van der Waals surface area (Å²) in [6.07, 6.45) is 1.39. The first-order valence-corrected chi connectivity index (χ1v) is 22.8. The van der Waals surface area contributed by atoms with E-state index >= 15 is 0 Å². The quantitative estimate of drug-likeness (QED) is 0.0183. The first kappa shape index (κ1) is 58.9. The normalized spacial score (nSPS) is 12.8. The van der Waals surface area contributed by atoms with Crippen molar-refractivity contribution >= 4 is 53.0 Å². The van der Waals surface area contributed by atoms with Crippen LogP contribution in [0.5, 0.6) is 5.75 Å². The fourth-order valence-corrected chi connectivity index (χ4v) is 5.64. The van der Waals surface area contributed by atoms with Crippen LogP contribution in [0, 0.1) is 10.1 Å². The van der Waals surface area contributed by atoms with Gasteiger partial charge in [0.05, 0.1) is 111 Å². The maximum atomic E-state index is 12.7. The summed E-state index contributed by atoms with van der Waals surface area (Å²) < 4.78 is 53.6. The van der Waals surface area contributed by atoms with Crippen molar-refractivity contribution in [3.63, 3.8) is 0 Å². The zero-order valence-electron chi connectivity index (χ0n) is 39.9. The summed E-state index contributed by atoms with van der Waals surface area (Å²) in [7, 11) is 0. The van der Waals surface area contributed by atoms with Crippen molar-refractivity contribution in [2.75, 3.05) is 124 Å². The molecule has 0 bridgehead atoms.